The van der Waals surface area contributed by atoms with E-state index in [0.717, 1.165) is 5.56 Å². The van der Waals surface area contributed by atoms with Crippen LogP contribution in [0, 0.1) is 6.92 Å². The van der Waals surface area contributed by atoms with E-state index in [-0.39, 0.29) is 10.9 Å². The second kappa shape index (κ2) is 8.59. The number of hydrogen-bond donors (Lipinski definition) is 2. The first-order valence-corrected chi connectivity index (χ1v) is 8.60. The summed E-state index contributed by atoms with van der Waals surface area (Å²) >= 11 is 5.24. The smallest absolute Gasteiger partial charge is 0.387 e. The molecule has 0 spiro atoms. The van der Waals surface area contributed by atoms with Crippen molar-refractivity contribution in [2.75, 3.05) is 10.6 Å². The van der Waals surface area contributed by atoms with Crippen molar-refractivity contribution in [2.45, 2.75) is 20.1 Å². The molecule has 0 aliphatic rings. The third-order valence-corrected chi connectivity index (χ3v) is 3.91. The molecule has 0 saturated carbocycles. The summed E-state index contributed by atoms with van der Waals surface area (Å²) < 4.78 is 31.2. The van der Waals surface area contributed by atoms with Gasteiger partial charge in [-0.05, 0) is 36.8 Å². The number of benzene rings is 2. The Bertz CT molecular complexity index is 912. The molecule has 0 saturated heterocycles. The Kier molecular flexibility index (Phi) is 5.97. The Labute approximate surface area is 161 Å². The van der Waals surface area contributed by atoms with E-state index in [1.54, 1.807) is 29.1 Å². The average molecular weight is 388 g/mol. The number of ether oxygens (including phenoxy) is 1. The highest BCUT2D eigenvalue weighted by molar-refractivity contribution is 7.80. The Balaban J connectivity index is 1.60. The lowest BCUT2D eigenvalue weighted by Crippen LogP contribution is -2.19. The van der Waals surface area contributed by atoms with Crippen LogP contribution in [0.2, 0.25) is 0 Å². The largest absolute Gasteiger partial charge is 0.433 e. The highest BCUT2D eigenvalue weighted by atomic mass is 32.1. The van der Waals surface area contributed by atoms with E-state index in [2.05, 4.69) is 44.7 Å². The SMILES string of the molecule is Cc1ccc(Cn2cc(NC(=S)Nc3ccccc3OC(F)F)cn2)cc1. The van der Waals surface area contributed by atoms with E-state index in [9.17, 15) is 8.78 Å². The van der Waals surface area contributed by atoms with Gasteiger partial charge in [-0.15, -0.1) is 0 Å². The van der Waals surface area contributed by atoms with Crippen molar-refractivity contribution in [1.29, 1.82) is 0 Å². The Morgan fingerprint density at radius 2 is 1.89 bits per heavy atom. The fourth-order valence-corrected chi connectivity index (χ4v) is 2.68. The second-order valence-corrected chi connectivity index (χ2v) is 6.27. The number of anilines is 2. The van der Waals surface area contributed by atoms with E-state index in [1.807, 2.05) is 13.1 Å². The monoisotopic (exact) mass is 388 g/mol. The summed E-state index contributed by atoms with van der Waals surface area (Å²) in [5.74, 6) is 0.0201. The zero-order chi connectivity index (χ0) is 19.2. The van der Waals surface area contributed by atoms with Gasteiger partial charge in [-0.2, -0.15) is 13.9 Å². The molecule has 140 valence electrons. The number of aryl methyl sites for hydroxylation is 1. The lowest BCUT2D eigenvalue weighted by Gasteiger charge is -2.13. The number of alkyl halides is 2. The second-order valence-electron chi connectivity index (χ2n) is 5.87. The van der Waals surface area contributed by atoms with E-state index < -0.39 is 6.61 Å². The van der Waals surface area contributed by atoms with Gasteiger partial charge in [0.15, 0.2) is 5.11 Å². The predicted octanol–water partition coefficient (Wildman–Crippen LogP) is 4.65. The van der Waals surface area contributed by atoms with E-state index in [1.165, 1.54) is 11.6 Å². The van der Waals surface area contributed by atoms with Crippen molar-refractivity contribution in [2.24, 2.45) is 0 Å². The van der Waals surface area contributed by atoms with Crippen LogP contribution in [0.1, 0.15) is 11.1 Å². The van der Waals surface area contributed by atoms with Crippen LogP contribution in [-0.4, -0.2) is 21.5 Å². The van der Waals surface area contributed by atoms with Crippen LogP contribution in [0.4, 0.5) is 20.2 Å². The fraction of sp³-hybridized carbons (Fsp3) is 0.158. The topological polar surface area (TPSA) is 51.1 Å². The van der Waals surface area contributed by atoms with Crippen molar-refractivity contribution >= 4 is 28.7 Å². The molecule has 0 unspecified atom stereocenters. The molecule has 0 fully saturated rings. The number of aromatic nitrogens is 2. The molecular weight excluding hydrogens is 370 g/mol. The van der Waals surface area contributed by atoms with Gasteiger partial charge >= 0.3 is 6.61 Å². The first kappa shape index (κ1) is 18.8. The van der Waals surface area contributed by atoms with Crippen molar-refractivity contribution in [3.63, 3.8) is 0 Å². The standard InChI is InChI=1S/C19H18F2N4OS/c1-13-6-8-14(9-7-13)11-25-12-15(10-22-25)23-19(27)24-16-4-2-3-5-17(16)26-18(20)21/h2-10,12,18H,11H2,1H3,(H2,23,24,27). The highest BCUT2D eigenvalue weighted by Gasteiger charge is 2.10. The van der Waals surface area contributed by atoms with E-state index in [4.69, 9.17) is 12.2 Å². The minimum atomic E-state index is -2.91. The van der Waals surface area contributed by atoms with Gasteiger partial charge in [-0.25, -0.2) is 0 Å². The van der Waals surface area contributed by atoms with Crippen molar-refractivity contribution in [3.05, 3.63) is 72.1 Å². The summed E-state index contributed by atoms with van der Waals surface area (Å²) in [6, 6.07) is 14.6. The maximum atomic E-state index is 12.5. The zero-order valence-corrected chi connectivity index (χ0v) is 15.3. The maximum Gasteiger partial charge on any atom is 0.387 e. The molecule has 1 heterocycles. The van der Waals surface area contributed by atoms with Crippen LogP contribution in [0.3, 0.4) is 0 Å². The van der Waals surface area contributed by atoms with Crippen molar-refractivity contribution in [1.82, 2.24) is 9.78 Å². The molecule has 0 radical (unpaired) electrons. The summed E-state index contributed by atoms with van der Waals surface area (Å²) in [6.45, 7) is -0.236. The third kappa shape index (κ3) is 5.49. The normalized spacial score (nSPS) is 10.7. The molecule has 3 rings (SSSR count). The van der Waals surface area contributed by atoms with E-state index >= 15 is 0 Å². The molecule has 2 N–H and O–H groups in total. The molecule has 3 aromatic rings. The van der Waals surface area contributed by atoms with Gasteiger partial charge in [-0.3, -0.25) is 4.68 Å². The van der Waals surface area contributed by atoms with Gasteiger partial charge in [0.05, 0.1) is 24.1 Å². The minimum absolute atomic E-state index is 0.0201. The first-order chi connectivity index (χ1) is 13.0. The summed E-state index contributed by atoms with van der Waals surface area (Å²) in [4.78, 5) is 0. The molecule has 0 amide bonds. The molecule has 0 aliphatic heterocycles. The number of nitrogens with one attached hydrogen (secondary N) is 2. The van der Waals surface area contributed by atoms with Crippen LogP contribution in [0.15, 0.2) is 60.9 Å². The lowest BCUT2D eigenvalue weighted by atomic mass is 10.1. The highest BCUT2D eigenvalue weighted by Crippen LogP contribution is 2.25. The van der Waals surface area contributed by atoms with Gasteiger partial charge < -0.3 is 15.4 Å². The average Bonchev–Trinajstić information content (AvgIpc) is 3.05. The van der Waals surface area contributed by atoms with Gasteiger partial charge in [0.25, 0.3) is 0 Å². The Morgan fingerprint density at radius 3 is 2.63 bits per heavy atom. The fourth-order valence-electron chi connectivity index (χ4n) is 2.45. The lowest BCUT2D eigenvalue weighted by molar-refractivity contribution is -0.0493. The number of hydrogen-bond acceptors (Lipinski definition) is 3. The Morgan fingerprint density at radius 1 is 1.15 bits per heavy atom. The summed E-state index contributed by atoms with van der Waals surface area (Å²) in [6.07, 6.45) is 3.46. The van der Waals surface area contributed by atoms with Crippen molar-refractivity contribution in [3.8, 4) is 5.75 Å². The number of para-hydroxylation sites is 2. The zero-order valence-electron chi connectivity index (χ0n) is 14.5. The quantitative estimate of drug-likeness (QED) is 0.602. The molecule has 27 heavy (non-hydrogen) atoms. The summed E-state index contributed by atoms with van der Waals surface area (Å²) in [7, 11) is 0. The van der Waals surface area contributed by atoms with Gasteiger partial charge in [0, 0.05) is 6.20 Å². The first-order valence-electron chi connectivity index (χ1n) is 8.19. The Hall–Kier alpha value is -3.00. The molecule has 0 bridgehead atoms. The predicted molar refractivity (Wildman–Crippen MR) is 105 cm³/mol. The van der Waals surface area contributed by atoms with Crippen LogP contribution in [0.25, 0.3) is 0 Å². The van der Waals surface area contributed by atoms with Gasteiger partial charge in [0.2, 0.25) is 0 Å². The minimum Gasteiger partial charge on any atom is -0.433 e. The van der Waals surface area contributed by atoms with Gasteiger partial charge in [-0.1, -0.05) is 42.0 Å². The number of rotatable bonds is 6. The summed E-state index contributed by atoms with van der Waals surface area (Å²) in [5, 5.41) is 10.4. The molecular formula is C19H18F2N4OS. The van der Waals surface area contributed by atoms with Crippen LogP contribution in [-0.2, 0) is 6.54 Å². The number of nitrogens with zero attached hydrogens (tertiary/aromatic N) is 2. The molecule has 0 atom stereocenters. The van der Waals surface area contributed by atoms with E-state index in [0.29, 0.717) is 17.9 Å². The molecule has 5 nitrogen and oxygen atoms in total. The van der Waals surface area contributed by atoms with Crippen molar-refractivity contribution < 1.29 is 13.5 Å². The number of halogens is 2. The number of thiocarbonyl (C=S) groups is 1. The maximum absolute atomic E-state index is 12.5. The molecule has 2 aromatic carbocycles. The van der Waals surface area contributed by atoms with Crippen LogP contribution >= 0.6 is 12.2 Å². The van der Waals surface area contributed by atoms with Crippen LogP contribution in [0.5, 0.6) is 5.75 Å². The molecule has 0 aliphatic carbocycles. The third-order valence-electron chi connectivity index (χ3n) is 3.71. The molecule has 1 aromatic heterocycles. The molecule has 8 heteroatoms. The van der Waals surface area contributed by atoms with Crippen LogP contribution < -0.4 is 15.4 Å². The summed E-state index contributed by atoms with van der Waals surface area (Å²) in [5.41, 5.74) is 3.37. The van der Waals surface area contributed by atoms with Gasteiger partial charge in [0.1, 0.15) is 5.75 Å².